The van der Waals surface area contributed by atoms with Crippen LogP contribution in [0.1, 0.15) is 70.9 Å². The van der Waals surface area contributed by atoms with E-state index < -0.39 is 0 Å². The topological polar surface area (TPSA) is 299 Å². The Balaban J connectivity index is 0.000000128. The number of hydrogen-bond acceptors (Lipinski definition) is 17. The van der Waals surface area contributed by atoms with Gasteiger partial charge in [-0.2, -0.15) is 0 Å². The Morgan fingerprint density at radius 1 is 0.396 bits per heavy atom. The van der Waals surface area contributed by atoms with Crippen LogP contribution in [0.3, 0.4) is 0 Å². The number of benzene rings is 8. The van der Waals surface area contributed by atoms with Crippen molar-refractivity contribution >= 4 is 96.7 Å². The Morgan fingerprint density at radius 3 is 1.30 bits per heavy atom. The fourth-order valence-corrected chi connectivity index (χ4v) is 17.8. The van der Waals surface area contributed by atoms with E-state index in [1.165, 1.54) is 30.4 Å². The molecule has 3 saturated heterocycles. The second-order valence-electron chi connectivity index (χ2n) is 33.1. The standard InChI is InChI=1S/C27H25ClN4O3.C27H25FN4O3.C27H21N5O3.C26H23ClN4O3/c1-3-26(33)30-13-11-21(16-30)32-24-10-12-29-15-25(24)31(27(32)34)20-5-7-22(8-6-20)35-17-19-4-9-23(28)18(2)14-19;1-3-26(33)30-13-11-21(16-30)32-24-10-12-29-15-25(24)31(27(32)34)20-6-8-22(9-7-20)35-17-19-5-4-18(2)14-23(19)28;1-2-26(33)30-19-7-5-8-22(16-19)32-24-13-15-28-17-25(24)31(27(32)34)21-9-11-23(12-10-21)35-18-20-6-3-4-14-29-20;1-2-25(32)29-13-11-20(16-29)31-22-10-12-28-15-23(22)30(26(31)33)19-8-9-24(21(27)14-19)34-17-18-6-4-3-5-7-18/h2*3-10,12,14-15,21H,1,11,13,16-17H2,2H3;2-17H,1,18H2,(H,30,33);2-10,12,14-15,20H,1,11,13,16-17H2/t2*21-;;20-/m11.1/s1. The van der Waals surface area contributed by atoms with Crippen LogP contribution in [-0.4, -0.2) is 139 Å². The molecule has 0 unspecified atom stereocenters. The lowest BCUT2D eigenvalue weighted by molar-refractivity contribution is -0.125. The number of carbonyl (C=O) groups excluding carboxylic acids is 4. The summed E-state index contributed by atoms with van der Waals surface area (Å²) in [6, 6.07) is 67.4. The van der Waals surface area contributed by atoms with Crippen molar-refractivity contribution in [2.24, 2.45) is 0 Å². The van der Waals surface area contributed by atoms with Crippen molar-refractivity contribution in [1.82, 2.24) is 76.2 Å². The Morgan fingerprint density at radius 2 is 0.835 bits per heavy atom. The van der Waals surface area contributed by atoms with E-state index >= 15 is 0 Å². The highest BCUT2D eigenvalue weighted by Gasteiger charge is 2.34. The predicted octanol–water partition coefficient (Wildman–Crippen LogP) is 17.5. The summed E-state index contributed by atoms with van der Waals surface area (Å²) in [7, 11) is 0. The van der Waals surface area contributed by atoms with Gasteiger partial charge in [0, 0.05) is 86.5 Å². The average molecular weight is 1900 g/mol. The van der Waals surface area contributed by atoms with Gasteiger partial charge < -0.3 is 39.0 Å². The first-order valence-corrected chi connectivity index (χ1v) is 45.5. The van der Waals surface area contributed by atoms with Gasteiger partial charge in [-0.25, -0.2) is 23.6 Å². The lowest BCUT2D eigenvalue weighted by atomic mass is 10.1. The number of nitrogens with zero attached hydrogens (tertiary/aromatic N) is 16. The van der Waals surface area contributed by atoms with Gasteiger partial charge >= 0.3 is 22.8 Å². The molecule has 3 atom stereocenters. The minimum atomic E-state index is -0.327. The molecular weight excluding hydrogens is 1810 g/mol. The lowest BCUT2D eigenvalue weighted by Crippen LogP contribution is -2.31. The monoisotopic (exact) mass is 1900 g/mol. The van der Waals surface area contributed by atoms with Gasteiger partial charge in [-0.3, -0.25) is 80.6 Å². The molecule has 139 heavy (non-hydrogen) atoms. The second kappa shape index (κ2) is 42.4. The van der Waals surface area contributed by atoms with Crippen molar-refractivity contribution in [3.63, 3.8) is 0 Å². The molecule has 3 aliphatic heterocycles. The summed E-state index contributed by atoms with van der Waals surface area (Å²) in [5.41, 5.74) is 14.0. The fraction of sp³-hybridized carbons (Fsp3) is 0.168. The summed E-state index contributed by atoms with van der Waals surface area (Å²) in [5, 5.41) is 3.87. The molecular formula is C107H94Cl2FN17O12. The molecule has 8 aromatic carbocycles. The molecule has 29 nitrogen and oxygen atoms in total. The van der Waals surface area contributed by atoms with Crippen LogP contribution < -0.4 is 47.0 Å². The molecule has 20 rings (SSSR count). The molecule has 700 valence electrons. The summed E-state index contributed by atoms with van der Waals surface area (Å²) in [6.45, 7) is 22.4. The van der Waals surface area contributed by atoms with Crippen LogP contribution in [0.4, 0.5) is 10.1 Å². The molecule has 32 heteroatoms. The van der Waals surface area contributed by atoms with Crippen LogP contribution >= 0.6 is 23.2 Å². The zero-order valence-electron chi connectivity index (χ0n) is 75.8. The number of hydrogen-bond donors (Lipinski definition) is 1. The van der Waals surface area contributed by atoms with Gasteiger partial charge in [0.2, 0.25) is 23.6 Å². The molecule has 1 N–H and O–H groups in total. The number of anilines is 1. The quantitative estimate of drug-likeness (QED) is 0.0520. The molecule has 3 aliphatic rings. The molecule has 0 saturated carbocycles. The van der Waals surface area contributed by atoms with Gasteiger partial charge in [0.15, 0.2) is 0 Å². The van der Waals surface area contributed by atoms with E-state index in [4.69, 9.17) is 42.1 Å². The summed E-state index contributed by atoms with van der Waals surface area (Å²) in [5.74, 6) is 1.48. The highest BCUT2D eigenvalue weighted by Crippen LogP contribution is 2.35. The smallest absolute Gasteiger partial charge is 0.338 e. The van der Waals surface area contributed by atoms with Crippen LogP contribution in [0, 0.1) is 19.7 Å². The second-order valence-corrected chi connectivity index (χ2v) is 34.0. The number of likely N-dealkylation sites (tertiary alicyclic amines) is 3. The zero-order valence-corrected chi connectivity index (χ0v) is 77.3. The van der Waals surface area contributed by atoms with Crippen LogP contribution in [0.5, 0.6) is 23.0 Å². The minimum absolute atomic E-state index is 0.107. The number of aryl methyl sites for hydroxylation is 2. The van der Waals surface area contributed by atoms with Crippen molar-refractivity contribution in [3.05, 3.63) is 422 Å². The van der Waals surface area contributed by atoms with Crippen molar-refractivity contribution in [3.8, 4) is 51.4 Å². The van der Waals surface area contributed by atoms with Crippen molar-refractivity contribution in [2.45, 2.75) is 77.7 Å². The molecule has 0 bridgehead atoms. The largest absolute Gasteiger partial charge is 0.489 e. The third-order valence-electron chi connectivity index (χ3n) is 24.3. The molecule has 4 amide bonds. The number of rotatable bonds is 25. The Hall–Kier alpha value is -16.9. The lowest BCUT2D eigenvalue weighted by Gasteiger charge is -2.15. The Kier molecular flexibility index (Phi) is 28.6. The van der Waals surface area contributed by atoms with E-state index in [1.54, 1.807) is 174 Å². The summed E-state index contributed by atoms with van der Waals surface area (Å²) >= 11 is 12.6. The van der Waals surface area contributed by atoms with Crippen molar-refractivity contribution in [2.75, 3.05) is 44.6 Å². The SMILES string of the molecule is C=CC(=O)N1CC[C@@H](n2c(=O)n(-c3ccc(OCc4ccc(C)cc4F)cc3)c3cnccc32)C1.C=CC(=O)N1CC[C@@H](n2c(=O)n(-c3ccc(OCc4ccc(Cl)c(C)c4)cc3)c3cnccc32)C1.C=CC(=O)N1CC[C@@H](n2c(=O)n(-c3ccc(OCc4ccccc4)c(Cl)c3)c3cnccc32)C1.C=CC(=O)Nc1cccc(-n2c(=O)n(-c3ccc(OCc4ccccn4)cc3)c3cnccc32)c1. The molecule has 0 radical (unpaired) electrons. The number of halogens is 3. The highest BCUT2D eigenvalue weighted by molar-refractivity contribution is 6.32. The molecule has 17 aromatic rings. The maximum absolute atomic E-state index is 14.1. The number of pyridine rings is 5. The number of nitrogens with one attached hydrogen (secondary N) is 1. The van der Waals surface area contributed by atoms with Crippen molar-refractivity contribution < 1.29 is 42.5 Å². The van der Waals surface area contributed by atoms with E-state index in [-0.39, 0.29) is 76.9 Å². The maximum atomic E-state index is 14.1. The van der Waals surface area contributed by atoms with Gasteiger partial charge in [-0.15, -0.1) is 0 Å². The number of aromatic nitrogens is 13. The molecule has 0 spiro atoms. The number of amides is 4. The number of fused-ring (bicyclic) bond motifs is 4. The highest BCUT2D eigenvalue weighted by atomic mass is 35.5. The number of carbonyl (C=O) groups is 4. The maximum Gasteiger partial charge on any atom is 0.338 e. The van der Waals surface area contributed by atoms with Crippen LogP contribution in [0.15, 0.2) is 350 Å². The van der Waals surface area contributed by atoms with Crippen LogP contribution in [0.25, 0.3) is 72.6 Å². The van der Waals surface area contributed by atoms with E-state index in [1.807, 2.05) is 166 Å². The van der Waals surface area contributed by atoms with Gasteiger partial charge in [0.25, 0.3) is 0 Å². The fourth-order valence-electron chi connectivity index (χ4n) is 17.4. The number of imidazole rings is 4. The Bertz CT molecular complexity index is 7760. The zero-order chi connectivity index (χ0) is 96.9. The van der Waals surface area contributed by atoms with E-state index in [0.29, 0.717) is 162 Å². The minimum Gasteiger partial charge on any atom is -0.489 e. The molecule has 0 aliphatic carbocycles. The van der Waals surface area contributed by atoms with Gasteiger partial charge in [0.1, 0.15) is 55.2 Å². The molecule has 3 fully saturated rings. The molecule has 9 aromatic heterocycles. The first kappa shape index (κ1) is 93.9. The van der Waals surface area contributed by atoms with Gasteiger partial charge in [0.05, 0.1) is 126 Å². The van der Waals surface area contributed by atoms with Crippen LogP contribution in [0.2, 0.25) is 10.0 Å². The average Bonchev–Trinajstić information content (AvgIpc) is 1.61. The van der Waals surface area contributed by atoms with Gasteiger partial charge in [-0.1, -0.05) is 116 Å². The predicted molar refractivity (Wildman–Crippen MR) is 533 cm³/mol. The van der Waals surface area contributed by atoms with E-state index in [2.05, 4.69) is 56.6 Å². The Labute approximate surface area is 806 Å². The first-order chi connectivity index (χ1) is 67.6. The van der Waals surface area contributed by atoms with Crippen molar-refractivity contribution in [1.29, 1.82) is 0 Å². The number of ether oxygens (including phenoxy) is 4. The first-order valence-electron chi connectivity index (χ1n) is 44.8. The van der Waals surface area contributed by atoms with Crippen LogP contribution in [-0.2, 0) is 45.6 Å². The normalized spacial score (nSPS) is 14.3. The summed E-state index contributed by atoms with van der Waals surface area (Å²) in [6.07, 6.45) is 22.2. The third-order valence-corrected chi connectivity index (χ3v) is 25.0. The molecule has 12 heterocycles. The third kappa shape index (κ3) is 20.6. The summed E-state index contributed by atoms with van der Waals surface area (Å²) < 4.78 is 50.8. The van der Waals surface area contributed by atoms with E-state index in [0.717, 1.165) is 60.7 Å². The van der Waals surface area contributed by atoms with E-state index in [9.17, 15) is 42.7 Å². The van der Waals surface area contributed by atoms with Gasteiger partial charge in [-0.05, 0) is 237 Å². The summed E-state index contributed by atoms with van der Waals surface area (Å²) in [4.78, 5) is 129.